The predicted molar refractivity (Wildman–Crippen MR) is 120 cm³/mol. The molecule has 0 spiro atoms. The van der Waals surface area contributed by atoms with E-state index in [-0.39, 0.29) is 0 Å². The van der Waals surface area contributed by atoms with Crippen LogP contribution in [0.3, 0.4) is 0 Å². The Labute approximate surface area is 181 Å². The molecule has 31 heavy (non-hydrogen) atoms. The van der Waals surface area contributed by atoms with Crippen molar-refractivity contribution in [1.82, 2.24) is 24.7 Å². The quantitative estimate of drug-likeness (QED) is 0.508. The molecule has 4 aromatic rings. The van der Waals surface area contributed by atoms with Crippen LogP contribution in [0.25, 0.3) is 17.1 Å². The summed E-state index contributed by atoms with van der Waals surface area (Å²) >= 11 is 0. The van der Waals surface area contributed by atoms with E-state index in [4.69, 9.17) is 4.74 Å². The molecular weight excluding hydrogens is 388 g/mol. The molecule has 1 N–H and O–H groups in total. The lowest BCUT2D eigenvalue weighted by Crippen LogP contribution is -2.09. The number of rotatable bonds is 6. The molecule has 1 aromatic carbocycles. The minimum atomic E-state index is 0.400. The molecule has 1 aliphatic carbocycles. The summed E-state index contributed by atoms with van der Waals surface area (Å²) in [6.45, 7) is 3.99. The number of imidazole rings is 1. The summed E-state index contributed by atoms with van der Waals surface area (Å²) in [5.41, 5.74) is 5.60. The minimum Gasteiger partial charge on any atom is -0.479 e. The van der Waals surface area contributed by atoms with Gasteiger partial charge in [0.25, 0.3) is 0 Å². The SMILES string of the molecule is COc1nc(-c2cc(C)c(N[C@@H]3CC3c3ccccc3)nn2)ccc1-n1cnc(C)c1. The Hall–Kier alpha value is -3.74. The Morgan fingerprint density at radius 2 is 1.87 bits per heavy atom. The van der Waals surface area contributed by atoms with Crippen molar-refractivity contribution in [3.05, 3.63) is 77.9 Å². The molecule has 7 heteroatoms. The summed E-state index contributed by atoms with van der Waals surface area (Å²) in [6, 6.07) is 16.9. The number of aryl methyl sites for hydroxylation is 2. The van der Waals surface area contributed by atoms with Crippen molar-refractivity contribution in [3.63, 3.8) is 0 Å². The largest absolute Gasteiger partial charge is 0.479 e. The number of pyridine rings is 1. The first-order valence-electron chi connectivity index (χ1n) is 10.3. The Bertz CT molecular complexity index is 1220. The zero-order valence-electron chi connectivity index (χ0n) is 17.8. The molecular formula is C24H24N6O. The van der Waals surface area contributed by atoms with Crippen molar-refractivity contribution in [3.8, 4) is 23.0 Å². The minimum absolute atomic E-state index is 0.400. The van der Waals surface area contributed by atoms with Gasteiger partial charge in [0, 0.05) is 18.2 Å². The third-order valence-electron chi connectivity index (χ3n) is 5.61. The van der Waals surface area contributed by atoms with Crippen molar-refractivity contribution in [2.24, 2.45) is 0 Å². The Kier molecular flexibility index (Phi) is 4.86. The highest BCUT2D eigenvalue weighted by Gasteiger charge is 2.38. The van der Waals surface area contributed by atoms with Crippen LogP contribution in [-0.2, 0) is 0 Å². The fourth-order valence-electron chi connectivity index (χ4n) is 3.83. The van der Waals surface area contributed by atoms with Crippen molar-refractivity contribution in [2.45, 2.75) is 32.2 Å². The second-order valence-corrected chi connectivity index (χ2v) is 7.91. The maximum Gasteiger partial charge on any atom is 0.238 e. The molecule has 0 saturated heterocycles. The van der Waals surface area contributed by atoms with Crippen LogP contribution >= 0.6 is 0 Å². The maximum absolute atomic E-state index is 5.52. The standard InChI is InChI=1S/C24H24N6O/c1-15-11-21(19-9-10-22(24(27-19)31-3)30-13-16(2)25-14-30)28-29-23(15)26-20-12-18(20)17-7-5-4-6-8-17/h4-11,13-14,18,20H,12H2,1-3H3,(H,26,29)/t18?,20-/m1/s1. The topological polar surface area (TPSA) is 77.8 Å². The van der Waals surface area contributed by atoms with Crippen LogP contribution in [0.5, 0.6) is 5.88 Å². The highest BCUT2D eigenvalue weighted by molar-refractivity contribution is 5.61. The second-order valence-electron chi connectivity index (χ2n) is 7.91. The molecule has 1 fully saturated rings. The van der Waals surface area contributed by atoms with E-state index in [1.807, 2.05) is 42.8 Å². The molecule has 0 aliphatic heterocycles. The zero-order valence-corrected chi connectivity index (χ0v) is 17.8. The Morgan fingerprint density at radius 1 is 1.03 bits per heavy atom. The molecule has 3 heterocycles. The molecule has 0 radical (unpaired) electrons. The van der Waals surface area contributed by atoms with Crippen LogP contribution < -0.4 is 10.1 Å². The van der Waals surface area contributed by atoms with Gasteiger partial charge in [0.2, 0.25) is 5.88 Å². The molecule has 0 amide bonds. The van der Waals surface area contributed by atoms with E-state index in [1.165, 1.54) is 5.56 Å². The van der Waals surface area contributed by atoms with E-state index < -0.39 is 0 Å². The fourth-order valence-corrected chi connectivity index (χ4v) is 3.83. The molecule has 1 saturated carbocycles. The molecule has 156 valence electrons. The number of anilines is 1. The molecule has 2 atom stereocenters. The van der Waals surface area contributed by atoms with E-state index in [9.17, 15) is 0 Å². The lowest BCUT2D eigenvalue weighted by atomic mass is 10.1. The van der Waals surface area contributed by atoms with Gasteiger partial charge in [0.05, 0.1) is 24.8 Å². The summed E-state index contributed by atoms with van der Waals surface area (Å²) < 4.78 is 7.42. The second kappa shape index (κ2) is 7.83. The van der Waals surface area contributed by atoms with Gasteiger partial charge in [-0.05, 0) is 49.6 Å². The van der Waals surface area contributed by atoms with Gasteiger partial charge in [-0.2, -0.15) is 0 Å². The first-order chi connectivity index (χ1) is 15.1. The van der Waals surface area contributed by atoms with Gasteiger partial charge in [-0.15, -0.1) is 10.2 Å². The summed E-state index contributed by atoms with van der Waals surface area (Å²) in [5, 5.41) is 12.4. The van der Waals surface area contributed by atoms with Gasteiger partial charge in [0.1, 0.15) is 11.4 Å². The van der Waals surface area contributed by atoms with Gasteiger partial charge in [-0.3, -0.25) is 0 Å². The summed E-state index contributed by atoms with van der Waals surface area (Å²) in [7, 11) is 1.61. The van der Waals surface area contributed by atoms with Crippen molar-refractivity contribution < 1.29 is 4.74 Å². The predicted octanol–water partition coefficient (Wildman–Crippen LogP) is 4.32. The van der Waals surface area contributed by atoms with Crippen LogP contribution in [0.1, 0.15) is 29.2 Å². The number of hydrogen-bond donors (Lipinski definition) is 1. The van der Waals surface area contributed by atoms with Crippen molar-refractivity contribution in [2.75, 3.05) is 12.4 Å². The average Bonchev–Trinajstić information content (AvgIpc) is 3.44. The molecule has 1 unspecified atom stereocenters. The number of hydrogen-bond acceptors (Lipinski definition) is 6. The van der Waals surface area contributed by atoms with Crippen LogP contribution in [0.2, 0.25) is 0 Å². The van der Waals surface area contributed by atoms with Crippen LogP contribution in [0.15, 0.2) is 61.1 Å². The number of methoxy groups -OCH3 is 1. The highest BCUT2D eigenvalue weighted by atomic mass is 16.5. The molecule has 5 rings (SSSR count). The van der Waals surface area contributed by atoms with E-state index in [1.54, 1.807) is 13.4 Å². The first kappa shape index (κ1) is 19.2. The highest BCUT2D eigenvalue weighted by Crippen LogP contribution is 2.42. The lowest BCUT2D eigenvalue weighted by Gasteiger charge is -2.11. The van der Waals surface area contributed by atoms with Crippen LogP contribution in [-0.4, -0.2) is 37.9 Å². The van der Waals surface area contributed by atoms with Gasteiger partial charge in [-0.1, -0.05) is 30.3 Å². The lowest BCUT2D eigenvalue weighted by molar-refractivity contribution is 0.396. The van der Waals surface area contributed by atoms with Crippen LogP contribution in [0.4, 0.5) is 5.82 Å². The van der Waals surface area contributed by atoms with Gasteiger partial charge in [0.15, 0.2) is 5.82 Å². The zero-order chi connectivity index (χ0) is 21.4. The van der Waals surface area contributed by atoms with Crippen molar-refractivity contribution in [1.29, 1.82) is 0 Å². The summed E-state index contributed by atoms with van der Waals surface area (Å²) in [4.78, 5) is 8.92. The maximum atomic E-state index is 5.52. The van der Waals surface area contributed by atoms with E-state index in [2.05, 4.69) is 55.8 Å². The van der Waals surface area contributed by atoms with Gasteiger partial charge < -0.3 is 14.6 Å². The molecule has 7 nitrogen and oxygen atoms in total. The number of ether oxygens (including phenoxy) is 1. The Morgan fingerprint density at radius 3 is 2.58 bits per heavy atom. The van der Waals surface area contributed by atoms with E-state index >= 15 is 0 Å². The normalized spacial score (nSPS) is 17.4. The van der Waals surface area contributed by atoms with Crippen molar-refractivity contribution >= 4 is 5.82 Å². The van der Waals surface area contributed by atoms with Crippen LogP contribution in [0, 0.1) is 13.8 Å². The smallest absolute Gasteiger partial charge is 0.238 e. The molecule has 1 aliphatic rings. The van der Waals surface area contributed by atoms with Gasteiger partial charge >= 0.3 is 0 Å². The fraction of sp³-hybridized carbons (Fsp3) is 0.250. The molecule has 0 bridgehead atoms. The Balaban J connectivity index is 1.35. The third kappa shape index (κ3) is 3.86. The average molecular weight is 412 g/mol. The van der Waals surface area contributed by atoms with E-state index in [0.717, 1.165) is 29.2 Å². The third-order valence-corrected chi connectivity index (χ3v) is 5.61. The number of nitrogens with one attached hydrogen (secondary N) is 1. The number of nitrogens with zero attached hydrogens (tertiary/aromatic N) is 5. The summed E-state index contributed by atoms with van der Waals surface area (Å²) in [6.07, 6.45) is 4.80. The van der Waals surface area contributed by atoms with Gasteiger partial charge in [-0.25, -0.2) is 9.97 Å². The monoisotopic (exact) mass is 412 g/mol. The number of benzene rings is 1. The molecule has 3 aromatic heterocycles. The summed E-state index contributed by atoms with van der Waals surface area (Å²) in [5.74, 6) is 1.87. The number of aromatic nitrogens is 5. The first-order valence-corrected chi connectivity index (χ1v) is 10.3. The van der Waals surface area contributed by atoms with E-state index in [0.29, 0.717) is 29.2 Å².